The number of aryl methyl sites for hydroxylation is 1. The van der Waals surface area contributed by atoms with Gasteiger partial charge in [0.05, 0.1) is 5.60 Å². The summed E-state index contributed by atoms with van der Waals surface area (Å²) in [5.41, 5.74) is 1.61. The Balaban J connectivity index is 1.95. The zero-order valence-corrected chi connectivity index (χ0v) is 11.1. The van der Waals surface area contributed by atoms with Crippen molar-refractivity contribution in [1.82, 2.24) is 0 Å². The molecule has 0 aromatic heterocycles. The number of fused-ring (bicyclic) bond motifs is 1. The van der Waals surface area contributed by atoms with Crippen molar-refractivity contribution in [2.75, 3.05) is 0 Å². The van der Waals surface area contributed by atoms with Crippen LogP contribution in [0.4, 0.5) is 4.39 Å². The first-order chi connectivity index (χ1) is 9.08. The van der Waals surface area contributed by atoms with Crippen molar-refractivity contribution < 1.29 is 9.50 Å². The summed E-state index contributed by atoms with van der Waals surface area (Å²) in [6, 6.07) is 12.4. The van der Waals surface area contributed by atoms with Crippen LogP contribution in [0.1, 0.15) is 23.1 Å². The Morgan fingerprint density at radius 3 is 2.79 bits per heavy atom. The SMILES string of the molecule is OC1(Cc2ccc(Cl)cc2F)CCc2ccccc21. The molecule has 1 N–H and O–H groups in total. The third-order valence-corrected chi connectivity index (χ3v) is 4.06. The van der Waals surface area contributed by atoms with E-state index in [0.717, 1.165) is 17.5 Å². The highest BCUT2D eigenvalue weighted by atomic mass is 35.5. The van der Waals surface area contributed by atoms with Gasteiger partial charge in [0.1, 0.15) is 5.82 Å². The maximum absolute atomic E-state index is 13.9. The smallest absolute Gasteiger partial charge is 0.127 e. The van der Waals surface area contributed by atoms with E-state index < -0.39 is 5.60 Å². The highest BCUT2D eigenvalue weighted by Crippen LogP contribution is 2.39. The number of halogens is 2. The zero-order valence-electron chi connectivity index (χ0n) is 10.4. The second kappa shape index (κ2) is 4.62. The predicted octanol–water partition coefficient (Wildman–Crippen LogP) is 3.86. The first-order valence-electron chi connectivity index (χ1n) is 6.33. The lowest BCUT2D eigenvalue weighted by Crippen LogP contribution is -2.25. The lowest BCUT2D eigenvalue weighted by molar-refractivity contribution is 0.0381. The van der Waals surface area contributed by atoms with Gasteiger partial charge in [0.25, 0.3) is 0 Å². The van der Waals surface area contributed by atoms with Crippen LogP contribution in [0.15, 0.2) is 42.5 Å². The van der Waals surface area contributed by atoms with Crippen molar-refractivity contribution in [3.63, 3.8) is 0 Å². The van der Waals surface area contributed by atoms with E-state index in [1.54, 1.807) is 12.1 Å². The molecule has 19 heavy (non-hydrogen) atoms. The van der Waals surface area contributed by atoms with E-state index >= 15 is 0 Å². The van der Waals surface area contributed by atoms with Crippen molar-refractivity contribution in [3.8, 4) is 0 Å². The monoisotopic (exact) mass is 276 g/mol. The number of hydrogen-bond acceptors (Lipinski definition) is 1. The largest absolute Gasteiger partial charge is 0.385 e. The fourth-order valence-electron chi connectivity index (χ4n) is 2.83. The Morgan fingerprint density at radius 2 is 2.00 bits per heavy atom. The second-order valence-electron chi connectivity index (χ2n) is 5.10. The molecule has 0 saturated heterocycles. The van der Waals surface area contributed by atoms with Gasteiger partial charge in [0.15, 0.2) is 0 Å². The lowest BCUT2D eigenvalue weighted by Gasteiger charge is -2.24. The Morgan fingerprint density at radius 1 is 1.21 bits per heavy atom. The molecule has 1 atom stereocenters. The highest BCUT2D eigenvalue weighted by Gasteiger charge is 2.36. The van der Waals surface area contributed by atoms with Crippen LogP contribution in [0.2, 0.25) is 5.02 Å². The van der Waals surface area contributed by atoms with Gasteiger partial charge < -0.3 is 5.11 Å². The summed E-state index contributed by atoms with van der Waals surface area (Å²) < 4.78 is 13.9. The maximum atomic E-state index is 13.9. The maximum Gasteiger partial charge on any atom is 0.127 e. The quantitative estimate of drug-likeness (QED) is 0.883. The molecule has 0 aliphatic heterocycles. The van der Waals surface area contributed by atoms with Gasteiger partial charge in [-0.2, -0.15) is 0 Å². The van der Waals surface area contributed by atoms with Gasteiger partial charge in [0, 0.05) is 11.4 Å². The molecule has 3 rings (SSSR count). The molecule has 2 aromatic carbocycles. The van der Waals surface area contributed by atoms with Gasteiger partial charge in [-0.1, -0.05) is 41.9 Å². The van der Waals surface area contributed by atoms with Gasteiger partial charge in [-0.25, -0.2) is 4.39 Å². The Labute approximate surface area is 116 Å². The molecule has 98 valence electrons. The average Bonchev–Trinajstić information content (AvgIpc) is 2.72. The van der Waals surface area contributed by atoms with Crippen LogP contribution in [0, 0.1) is 5.82 Å². The topological polar surface area (TPSA) is 20.2 Å². The number of hydrogen-bond donors (Lipinski definition) is 1. The van der Waals surface area contributed by atoms with E-state index in [0.29, 0.717) is 17.0 Å². The minimum absolute atomic E-state index is 0.285. The third kappa shape index (κ3) is 2.26. The van der Waals surface area contributed by atoms with E-state index in [-0.39, 0.29) is 12.2 Å². The van der Waals surface area contributed by atoms with Crippen molar-refractivity contribution in [2.24, 2.45) is 0 Å². The summed E-state index contributed by atoms with van der Waals surface area (Å²) in [7, 11) is 0. The first-order valence-corrected chi connectivity index (χ1v) is 6.71. The Kier molecular flexibility index (Phi) is 3.08. The normalized spacial score (nSPS) is 21.4. The number of aliphatic hydroxyl groups is 1. The molecule has 1 aliphatic carbocycles. The predicted molar refractivity (Wildman–Crippen MR) is 73.8 cm³/mol. The third-order valence-electron chi connectivity index (χ3n) is 3.82. The first kappa shape index (κ1) is 12.6. The van der Waals surface area contributed by atoms with Crippen LogP contribution < -0.4 is 0 Å². The van der Waals surface area contributed by atoms with E-state index in [1.165, 1.54) is 6.07 Å². The van der Waals surface area contributed by atoms with Crippen molar-refractivity contribution in [2.45, 2.75) is 24.9 Å². The Bertz CT molecular complexity index is 626. The van der Waals surface area contributed by atoms with Crippen molar-refractivity contribution in [1.29, 1.82) is 0 Å². The van der Waals surface area contributed by atoms with Crippen molar-refractivity contribution >= 4 is 11.6 Å². The van der Waals surface area contributed by atoms with Gasteiger partial charge >= 0.3 is 0 Å². The lowest BCUT2D eigenvalue weighted by atomic mass is 9.88. The summed E-state index contributed by atoms with van der Waals surface area (Å²) in [6.45, 7) is 0. The van der Waals surface area contributed by atoms with E-state index in [2.05, 4.69) is 0 Å². The van der Waals surface area contributed by atoms with Crippen LogP contribution in [0.3, 0.4) is 0 Å². The van der Waals surface area contributed by atoms with Crippen LogP contribution >= 0.6 is 11.6 Å². The molecule has 0 bridgehead atoms. The molecule has 2 aromatic rings. The molecule has 0 radical (unpaired) electrons. The molecule has 1 nitrogen and oxygen atoms in total. The summed E-state index contributed by atoms with van der Waals surface area (Å²) >= 11 is 5.75. The summed E-state index contributed by atoms with van der Waals surface area (Å²) in [4.78, 5) is 0. The molecule has 0 heterocycles. The second-order valence-corrected chi connectivity index (χ2v) is 5.54. The molecule has 1 unspecified atom stereocenters. The minimum Gasteiger partial charge on any atom is -0.385 e. The highest BCUT2D eigenvalue weighted by molar-refractivity contribution is 6.30. The van der Waals surface area contributed by atoms with Crippen LogP contribution in [0.5, 0.6) is 0 Å². The molecule has 0 fully saturated rings. The molecule has 3 heteroatoms. The average molecular weight is 277 g/mol. The Hall–Kier alpha value is -1.38. The summed E-state index contributed by atoms with van der Waals surface area (Å²) in [5, 5.41) is 11.2. The fraction of sp³-hybridized carbons (Fsp3) is 0.250. The van der Waals surface area contributed by atoms with E-state index in [9.17, 15) is 9.50 Å². The van der Waals surface area contributed by atoms with Crippen LogP contribution in [0.25, 0.3) is 0 Å². The summed E-state index contributed by atoms with van der Waals surface area (Å²) in [6.07, 6.45) is 1.75. The molecular weight excluding hydrogens is 263 g/mol. The zero-order chi connectivity index (χ0) is 13.5. The van der Waals surface area contributed by atoms with Gasteiger partial charge in [-0.05, 0) is 41.7 Å². The standard InChI is InChI=1S/C16H14ClFO/c17-13-6-5-12(15(18)9-13)10-16(19)8-7-11-3-1-2-4-14(11)16/h1-6,9,19H,7-8,10H2. The van der Waals surface area contributed by atoms with Gasteiger partial charge in [-0.3, -0.25) is 0 Å². The van der Waals surface area contributed by atoms with Crippen LogP contribution in [-0.4, -0.2) is 5.11 Å². The number of rotatable bonds is 2. The summed E-state index contributed by atoms with van der Waals surface area (Å²) in [5.74, 6) is -0.356. The van der Waals surface area contributed by atoms with Gasteiger partial charge in [-0.15, -0.1) is 0 Å². The molecular formula is C16H14ClFO. The minimum atomic E-state index is -0.967. The van der Waals surface area contributed by atoms with E-state index in [1.807, 2.05) is 24.3 Å². The fourth-order valence-corrected chi connectivity index (χ4v) is 2.99. The van der Waals surface area contributed by atoms with Crippen molar-refractivity contribution in [3.05, 3.63) is 70.0 Å². The van der Waals surface area contributed by atoms with Crippen LogP contribution in [-0.2, 0) is 18.4 Å². The molecule has 0 amide bonds. The molecule has 1 aliphatic rings. The van der Waals surface area contributed by atoms with E-state index in [4.69, 9.17) is 11.6 Å². The molecule has 0 spiro atoms. The molecule has 0 saturated carbocycles. The number of benzene rings is 2. The van der Waals surface area contributed by atoms with Gasteiger partial charge in [0.2, 0.25) is 0 Å².